The molecular formula is C16H30N4. The van der Waals surface area contributed by atoms with E-state index < -0.39 is 0 Å². The predicted molar refractivity (Wildman–Crippen MR) is 83.9 cm³/mol. The molecule has 4 nitrogen and oxygen atoms in total. The maximum Gasteiger partial charge on any atom is 0.105 e. The van der Waals surface area contributed by atoms with Gasteiger partial charge in [-0.15, -0.1) is 0 Å². The first-order chi connectivity index (χ1) is 9.43. The SMILES string of the molecule is CCC(C)C1CNC(C)(C)CN1CCn1ccnc1C. The smallest absolute Gasteiger partial charge is 0.105 e. The van der Waals surface area contributed by atoms with Crippen LogP contribution >= 0.6 is 0 Å². The highest BCUT2D eigenvalue weighted by molar-refractivity contribution is 4.95. The lowest BCUT2D eigenvalue weighted by atomic mass is 9.91. The van der Waals surface area contributed by atoms with Crippen LogP contribution in [0.2, 0.25) is 0 Å². The summed E-state index contributed by atoms with van der Waals surface area (Å²) in [6.45, 7) is 15.7. The molecule has 114 valence electrons. The molecule has 0 spiro atoms. The van der Waals surface area contributed by atoms with Crippen LogP contribution in [0.1, 0.15) is 39.9 Å². The summed E-state index contributed by atoms with van der Waals surface area (Å²) in [4.78, 5) is 6.98. The fraction of sp³-hybridized carbons (Fsp3) is 0.812. The summed E-state index contributed by atoms with van der Waals surface area (Å²) in [6, 6.07) is 0.650. The van der Waals surface area contributed by atoms with Crippen LogP contribution in [0.4, 0.5) is 0 Å². The van der Waals surface area contributed by atoms with Crippen LogP contribution < -0.4 is 5.32 Å². The van der Waals surface area contributed by atoms with Gasteiger partial charge in [0, 0.05) is 50.2 Å². The topological polar surface area (TPSA) is 33.1 Å². The summed E-state index contributed by atoms with van der Waals surface area (Å²) in [6.07, 6.45) is 5.22. The molecule has 2 unspecified atom stereocenters. The van der Waals surface area contributed by atoms with Crippen LogP contribution in [0.3, 0.4) is 0 Å². The van der Waals surface area contributed by atoms with E-state index in [0.29, 0.717) is 6.04 Å². The first-order valence-corrected chi connectivity index (χ1v) is 7.90. The molecule has 20 heavy (non-hydrogen) atoms. The van der Waals surface area contributed by atoms with E-state index in [4.69, 9.17) is 0 Å². The Morgan fingerprint density at radius 2 is 2.20 bits per heavy atom. The summed E-state index contributed by atoms with van der Waals surface area (Å²) in [5.41, 5.74) is 0.216. The summed E-state index contributed by atoms with van der Waals surface area (Å²) in [7, 11) is 0. The monoisotopic (exact) mass is 278 g/mol. The second-order valence-corrected chi connectivity index (χ2v) is 6.86. The van der Waals surface area contributed by atoms with Crippen molar-refractivity contribution < 1.29 is 0 Å². The molecule has 1 aromatic heterocycles. The van der Waals surface area contributed by atoms with Crippen molar-refractivity contribution in [2.75, 3.05) is 19.6 Å². The number of hydrogen-bond donors (Lipinski definition) is 1. The van der Waals surface area contributed by atoms with Crippen molar-refractivity contribution in [3.63, 3.8) is 0 Å². The number of hydrogen-bond acceptors (Lipinski definition) is 3. The third-order valence-electron chi connectivity index (χ3n) is 4.71. The van der Waals surface area contributed by atoms with Crippen LogP contribution in [0.15, 0.2) is 12.4 Å². The molecule has 2 atom stereocenters. The molecule has 1 aliphatic heterocycles. The average Bonchev–Trinajstić information content (AvgIpc) is 2.80. The molecule has 2 rings (SSSR count). The summed E-state index contributed by atoms with van der Waals surface area (Å²) < 4.78 is 2.25. The lowest BCUT2D eigenvalue weighted by Gasteiger charge is -2.47. The van der Waals surface area contributed by atoms with Crippen LogP contribution in [-0.4, -0.2) is 45.7 Å². The molecule has 0 aliphatic carbocycles. The summed E-state index contributed by atoms with van der Waals surface area (Å²) >= 11 is 0. The Kier molecular flexibility index (Phi) is 4.86. The molecule has 0 bridgehead atoms. The maximum absolute atomic E-state index is 4.31. The van der Waals surface area contributed by atoms with Crippen LogP contribution in [-0.2, 0) is 6.54 Å². The van der Waals surface area contributed by atoms with Gasteiger partial charge in [-0.2, -0.15) is 0 Å². The minimum atomic E-state index is 0.216. The molecule has 0 saturated carbocycles. The number of piperazine rings is 1. The fourth-order valence-electron chi connectivity index (χ4n) is 3.15. The van der Waals surface area contributed by atoms with Gasteiger partial charge in [-0.1, -0.05) is 20.3 Å². The quantitative estimate of drug-likeness (QED) is 0.897. The van der Waals surface area contributed by atoms with E-state index in [2.05, 4.69) is 60.6 Å². The molecule has 2 heterocycles. The summed E-state index contributed by atoms with van der Waals surface area (Å²) in [5.74, 6) is 1.85. The van der Waals surface area contributed by atoms with E-state index in [1.165, 1.54) is 6.42 Å². The number of imidazole rings is 1. The normalized spacial score (nSPS) is 24.8. The van der Waals surface area contributed by atoms with E-state index in [9.17, 15) is 0 Å². The molecule has 0 radical (unpaired) electrons. The molecule has 0 aromatic carbocycles. The zero-order valence-corrected chi connectivity index (χ0v) is 13.7. The van der Waals surface area contributed by atoms with Gasteiger partial charge in [-0.3, -0.25) is 4.90 Å². The van der Waals surface area contributed by atoms with E-state index in [-0.39, 0.29) is 5.54 Å². The minimum absolute atomic E-state index is 0.216. The first-order valence-electron chi connectivity index (χ1n) is 7.90. The number of rotatable bonds is 5. The van der Waals surface area contributed by atoms with E-state index in [1.807, 2.05) is 6.20 Å². The van der Waals surface area contributed by atoms with Gasteiger partial charge in [0.25, 0.3) is 0 Å². The molecule has 4 heteroatoms. The van der Waals surface area contributed by atoms with Crippen molar-refractivity contribution in [3.05, 3.63) is 18.2 Å². The zero-order valence-electron chi connectivity index (χ0n) is 13.7. The number of aromatic nitrogens is 2. The van der Waals surface area contributed by atoms with Crippen LogP contribution in [0, 0.1) is 12.8 Å². The lowest BCUT2D eigenvalue weighted by molar-refractivity contribution is 0.0606. The highest BCUT2D eigenvalue weighted by Gasteiger charge is 2.34. The molecule has 1 aliphatic rings. The van der Waals surface area contributed by atoms with Gasteiger partial charge in [0.15, 0.2) is 0 Å². The van der Waals surface area contributed by atoms with Crippen molar-refractivity contribution in [2.45, 2.75) is 59.2 Å². The second-order valence-electron chi connectivity index (χ2n) is 6.86. The van der Waals surface area contributed by atoms with Gasteiger partial charge in [-0.25, -0.2) is 4.98 Å². The molecular weight excluding hydrogens is 248 g/mol. The van der Waals surface area contributed by atoms with Crippen molar-refractivity contribution >= 4 is 0 Å². The van der Waals surface area contributed by atoms with E-state index in [1.54, 1.807) is 0 Å². The fourth-order valence-corrected chi connectivity index (χ4v) is 3.15. The van der Waals surface area contributed by atoms with E-state index >= 15 is 0 Å². The Morgan fingerprint density at radius 1 is 1.45 bits per heavy atom. The first kappa shape index (κ1) is 15.5. The number of nitrogens with zero attached hydrogens (tertiary/aromatic N) is 3. The molecule has 1 N–H and O–H groups in total. The van der Waals surface area contributed by atoms with Gasteiger partial charge in [0.05, 0.1) is 0 Å². The predicted octanol–water partition coefficient (Wildman–Crippen LogP) is 2.29. The van der Waals surface area contributed by atoms with Crippen molar-refractivity contribution in [2.24, 2.45) is 5.92 Å². The van der Waals surface area contributed by atoms with Crippen molar-refractivity contribution in [1.82, 2.24) is 19.8 Å². The molecule has 1 aromatic rings. The Morgan fingerprint density at radius 3 is 2.80 bits per heavy atom. The lowest BCUT2D eigenvalue weighted by Crippen LogP contribution is -2.63. The Balaban J connectivity index is 2.01. The highest BCUT2D eigenvalue weighted by Crippen LogP contribution is 2.22. The van der Waals surface area contributed by atoms with E-state index in [0.717, 1.165) is 37.9 Å². The van der Waals surface area contributed by atoms with Crippen LogP contribution in [0.5, 0.6) is 0 Å². The molecule has 0 amide bonds. The van der Waals surface area contributed by atoms with Crippen molar-refractivity contribution in [3.8, 4) is 0 Å². The Hall–Kier alpha value is -0.870. The zero-order chi connectivity index (χ0) is 14.8. The standard InChI is InChI=1S/C16H30N4/c1-6-13(2)15-11-18-16(4,5)12-20(15)10-9-19-8-7-17-14(19)3/h7-8,13,15,18H,6,9-12H2,1-5H3. The Bertz CT molecular complexity index is 424. The second kappa shape index (κ2) is 6.27. The van der Waals surface area contributed by atoms with Gasteiger partial charge >= 0.3 is 0 Å². The van der Waals surface area contributed by atoms with Gasteiger partial charge in [0.2, 0.25) is 0 Å². The molecule has 1 fully saturated rings. The van der Waals surface area contributed by atoms with Gasteiger partial charge < -0.3 is 9.88 Å². The van der Waals surface area contributed by atoms with Crippen LogP contribution in [0.25, 0.3) is 0 Å². The number of nitrogens with one attached hydrogen (secondary N) is 1. The molecule has 1 saturated heterocycles. The minimum Gasteiger partial charge on any atom is -0.334 e. The maximum atomic E-state index is 4.31. The van der Waals surface area contributed by atoms with Gasteiger partial charge in [-0.05, 0) is 26.7 Å². The average molecular weight is 278 g/mol. The van der Waals surface area contributed by atoms with Gasteiger partial charge in [0.1, 0.15) is 5.82 Å². The Labute approximate surface area is 123 Å². The van der Waals surface area contributed by atoms with Crippen molar-refractivity contribution in [1.29, 1.82) is 0 Å². The third-order valence-corrected chi connectivity index (χ3v) is 4.71. The highest BCUT2D eigenvalue weighted by atomic mass is 15.3. The summed E-state index contributed by atoms with van der Waals surface area (Å²) in [5, 5.41) is 3.70. The number of aryl methyl sites for hydroxylation is 1. The largest absolute Gasteiger partial charge is 0.334 e. The third kappa shape index (κ3) is 3.61.